The lowest BCUT2D eigenvalue weighted by Gasteiger charge is -2.19. The third-order valence-electron chi connectivity index (χ3n) is 4.13. The van der Waals surface area contributed by atoms with Crippen LogP contribution >= 0.6 is 0 Å². The molecule has 0 spiro atoms. The van der Waals surface area contributed by atoms with Gasteiger partial charge in [0.2, 0.25) is 0 Å². The molecule has 1 heterocycles. The highest BCUT2D eigenvalue weighted by molar-refractivity contribution is 6.10. The van der Waals surface area contributed by atoms with Crippen molar-refractivity contribution in [3.63, 3.8) is 0 Å². The second kappa shape index (κ2) is 9.43. The second-order valence-corrected chi connectivity index (χ2v) is 6.31. The molecular formula is C21H19N3O6. The summed E-state index contributed by atoms with van der Waals surface area (Å²) in [6.07, 6.45) is 2.27. The molecule has 1 N–H and O–H groups in total. The Labute approximate surface area is 172 Å². The van der Waals surface area contributed by atoms with Crippen molar-refractivity contribution in [2.24, 2.45) is 0 Å². The van der Waals surface area contributed by atoms with Gasteiger partial charge >= 0.3 is 0 Å². The maximum Gasteiger partial charge on any atom is 0.296 e. The standard InChI is InChI=1S/C21H19N3O6/c1-2-7-28-16-5-3-14(4-6-16)10-15(13-22)21(25)23-17-11-19-20(30-9-8-29-19)12-18(17)24(26)27/h3-6,10-12H,2,7-9H2,1H3,(H,23,25). The molecule has 0 saturated heterocycles. The molecule has 1 amide bonds. The summed E-state index contributed by atoms with van der Waals surface area (Å²) in [5, 5.41) is 23.2. The predicted molar refractivity (Wildman–Crippen MR) is 109 cm³/mol. The summed E-state index contributed by atoms with van der Waals surface area (Å²) >= 11 is 0. The Morgan fingerprint density at radius 2 is 1.93 bits per heavy atom. The quantitative estimate of drug-likeness (QED) is 0.320. The van der Waals surface area contributed by atoms with Crippen molar-refractivity contribution in [1.29, 1.82) is 5.26 Å². The molecule has 2 aromatic carbocycles. The number of carbonyl (C=O) groups excluding carboxylic acids is 1. The minimum atomic E-state index is -0.774. The second-order valence-electron chi connectivity index (χ2n) is 6.31. The molecule has 1 aliphatic rings. The van der Waals surface area contributed by atoms with Crippen LogP contribution in [0.5, 0.6) is 17.2 Å². The Morgan fingerprint density at radius 3 is 2.53 bits per heavy atom. The van der Waals surface area contributed by atoms with Gasteiger partial charge < -0.3 is 19.5 Å². The number of nitro groups is 1. The van der Waals surface area contributed by atoms with E-state index in [1.54, 1.807) is 24.3 Å². The fraction of sp³-hybridized carbons (Fsp3) is 0.238. The molecule has 2 aromatic rings. The van der Waals surface area contributed by atoms with E-state index in [2.05, 4.69) is 5.32 Å². The van der Waals surface area contributed by atoms with Crippen LogP contribution in [-0.2, 0) is 4.79 Å². The van der Waals surface area contributed by atoms with Gasteiger partial charge in [0.25, 0.3) is 11.6 Å². The van der Waals surface area contributed by atoms with Crippen molar-refractivity contribution < 1.29 is 23.9 Å². The van der Waals surface area contributed by atoms with Crippen LogP contribution in [0, 0.1) is 21.4 Å². The highest BCUT2D eigenvalue weighted by Gasteiger charge is 2.24. The number of hydrogen-bond acceptors (Lipinski definition) is 7. The summed E-state index contributed by atoms with van der Waals surface area (Å²) in [4.78, 5) is 23.3. The number of nitrogens with zero attached hydrogens (tertiary/aromatic N) is 2. The Bertz CT molecular complexity index is 1020. The molecule has 154 valence electrons. The Balaban J connectivity index is 1.82. The van der Waals surface area contributed by atoms with Crippen molar-refractivity contribution in [3.8, 4) is 23.3 Å². The fourth-order valence-corrected chi connectivity index (χ4v) is 2.71. The molecule has 9 heteroatoms. The predicted octanol–water partition coefficient (Wildman–Crippen LogP) is 3.70. The van der Waals surface area contributed by atoms with Crippen LogP contribution in [0.15, 0.2) is 42.0 Å². The maximum absolute atomic E-state index is 12.6. The van der Waals surface area contributed by atoms with E-state index >= 15 is 0 Å². The molecule has 0 saturated carbocycles. The number of nitrogens with one attached hydrogen (secondary N) is 1. The molecule has 0 radical (unpaired) electrons. The summed E-state index contributed by atoms with van der Waals surface area (Å²) in [7, 11) is 0. The van der Waals surface area contributed by atoms with Crippen LogP contribution in [0.25, 0.3) is 6.08 Å². The number of benzene rings is 2. The van der Waals surface area contributed by atoms with E-state index < -0.39 is 10.8 Å². The average molecular weight is 409 g/mol. The number of nitriles is 1. The van der Waals surface area contributed by atoms with Gasteiger partial charge in [-0.1, -0.05) is 19.1 Å². The molecule has 9 nitrogen and oxygen atoms in total. The highest BCUT2D eigenvalue weighted by Crippen LogP contribution is 2.39. The van der Waals surface area contributed by atoms with Crippen molar-refractivity contribution in [2.75, 3.05) is 25.1 Å². The van der Waals surface area contributed by atoms with Gasteiger partial charge in [-0.15, -0.1) is 0 Å². The van der Waals surface area contributed by atoms with E-state index in [1.165, 1.54) is 18.2 Å². The number of anilines is 1. The van der Waals surface area contributed by atoms with E-state index in [-0.39, 0.29) is 35.1 Å². The van der Waals surface area contributed by atoms with Gasteiger partial charge in [-0.05, 0) is 30.2 Å². The van der Waals surface area contributed by atoms with Crippen LogP contribution < -0.4 is 19.5 Å². The van der Waals surface area contributed by atoms with Gasteiger partial charge in [0.1, 0.15) is 36.3 Å². The number of hydrogen-bond donors (Lipinski definition) is 1. The summed E-state index contributed by atoms with van der Waals surface area (Å²) in [6, 6.07) is 11.2. The SMILES string of the molecule is CCCOc1ccc(C=C(C#N)C(=O)Nc2cc3c(cc2[N+](=O)[O-])OCCO3)cc1. The largest absolute Gasteiger partial charge is 0.494 e. The Morgan fingerprint density at radius 1 is 1.27 bits per heavy atom. The lowest BCUT2D eigenvalue weighted by atomic mass is 10.1. The number of nitro benzene ring substituents is 1. The monoisotopic (exact) mass is 409 g/mol. The first-order valence-corrected chi connectivity index (χ1v) is 9.26. The van der Waals surface area contributed by atoms with Gasteiger partial charge in [0, 0.05) is 6.07 Å². The smallest absolute Gasteiger partial charge is 0.296 e. The van der Waals surface area contributed by atoms with Gasteiger partial charge in [-0.25, -0.2) is 0 Å². The molecule has 0 aliphatic carbocycles. The summed E-state index contributed by atoms with van der Waals surface area (Å²) in [6.45, 7) is 3.16. The molecule has 0 unspecified atom stereocenters. The zero-order valence-corrected chi connectivity index (χ0v) is 16.2. The number of carbonyl (C=O) groups is 1. The first-order valence-electron chi connectivity index (χ1n) is 9.26. The summed E-state index contributed by atoms with van der Waals surface area (Å²) in [5.74, 6) is 0.423. The van der Waals surface area contributed by atoms with Crippen LogP contribution in [0.2, 0.25) is 0 Å². The van der Waals surface area contributed by atoms with Crippen LogP contribution in [0.1, 0.15) is 18.9 Å². The van der Waals surface area contributed by atoms with Gasteiger partial charge in [-0.3, -0.25) is 14.9 Å². The molecule has 0 bridgehead atoms. The topological polar surface area (TPSA) is 124 Å². The number of rotatable bonds is 7. The van der Waals surface area contributed by atoms with Crippen LogP contribution in [0.4, 0.5) is 11.4 Å². The zero-order valence-electron chi connectivity index (χ0n) is 16.2. The van der Waals surface area contributed by atoms with E-state index in [1.807, 2.05) is 13.0 Å². The minimum absolute atomic E-state index is 0.0845. The van der Waals surface area contributed by atoms with Crippen molar-refractivity contribution in [3.05, 3.63) is 57.6 Å². The van der Waals surface area contributed by atoms with Crippen molar-refractivity contribution in [1.82, 2.24) is 0 Å². The van der Waals surface area contributed by atoms with E-state index in [0.717, 1.165) is 6.42 Å². The van der Waals surface area contributed by atoms with E-state index in [4.69, 9.17) is 14.2 Å². The molecular weight excluding hydrogens is 390 g/mol. The molecule has 3 rings (SSSR count). The highest BCUT2D eigenvalue weighted by atomic mass is 16.6. The number of ether oxygens (including phenoxy) is 3. The minimum Gasteiger partial charge on any atom is -0.494 e. The number of fused-ring (bicyclic) bond motifs is 1. The fourth-order valence-electron chi connectivity index (χ4n) is 2.71. The van der Waals surface area contributed by atoms with Crippen molar-refractivity contribution >= 4 is 23.4 Å². The summed E-state index contributed by atoms with van der Waals surface area (Å²) in [5.41, 5.74) is -0.0373. The summed E-state index contributed by atoms with van der Waals surface area (Å²) < 4.78 is 16.2. The van der Waals surface area contributed by atoms with E-state index in [9.17, 15) is 20.2 Å². The van der Waals surface area contributed by atoms with E-state index in [0.29, 0.717) is 24.5 Å². The third-order valence-corrected chi connectivity index (χ3v) is 4.13. The van der Waals surface area contributed by atoms with Crippen LogP contribution in [0.3, 0.4) is 0 Å². The maximum atomic E-state index is 12.6. The zero-order chi connectivity index (χ0) is 21.5. The van der Waals surface area contributed by atoms with Gasteiger partial charge in [-0.2, -0.15) is 5.26 Å². The van der Waals surface area contributed by atoms with Gasteiger partial charge in [0.05, 0.1) is 17.6 Å². The molecule has 0 atom stereocenters. The molecule has 0 fully saturated rings. The molecule has 0 aromatic heterocycles. The van der Waals surface area contributed by atoms with Crippen LogP contribution in [-0.4, -0.2) is 30.7 Å². The number of amides is 1. The molecule has 30 heavy (non-hydrogen) atoms. The Hall–Kier alpha value is -4.06. The molecule has 1 aliphatic heterocycles. The average Bonchev–Trinajstić information content (AvgIpc) is 2.76. The first-order chi connectivity index (χ1) is 14.5. The Kier molecular flexibility index (Phi) is 6.49. The first kappa shape index (κ1) is 20.7. The third kappa shape index (κ3) is 4.86. The van der Waals surface area contributed by atoms with Crippen molar-refractivity contribution in [2.45, 2.75) is 13.3 Å². The lowest BCUT2D eigenvalue weighted by Crippen LogP contribution is -2.18. The normalized spacial score (nSPS) is 12.6. The van der Waals surface area contributed by atoms with Gasteiger partial charge in [0.15, 0.2) is 11.5 Å². The lowest BCUT2D eigenvalue weighted by molar-refractivity contribution is -0.384.